The number of nitrogens with zero attached hydrogens (tertiary/aromatic N) is 1. The first-order valence-corrected chi connectivity index (χ1v) is 12.3. The molecule has 8 nitrogen and oxygen atoms in total. The predicted molar refractivity (Wildman–Crippen MR) is 126 cm³/mol. The Hall–Kier alpha value is -3.50. The zero-order chi connectivity index (χ0) is 24.6. The van der Waals surface area contributed by atoms with Crippen molar-refractivity contribution in [2.24, 2.45) is 0 Å². The van der Waals surface area contributed by atoms with E-state index in [2.05, 4.69) is 0 Å². The Labute approximate surface area is 197 Å². The zero-order valence-corrected chi connectivity index (χ0v) is 19.4. The molecule has 10 heteroatoms. The highest BCUT2D eigenvalue weighted by molar-refractivity contribution is 7.92. The molecule has 0 bridgehead atoms. The van der Waals surface area contributed by atoms with Crippen molar-refractivity contribution >= 4 is 21.4 Å². The first-order chi connectivity index (χ1) is 16.1. The van der Waals surface area contributed by atoms with Gasteiger partial charge in [-0.1, -0.05) is 18.2 Å². The van der Waals surface area contributed by atoms with E-state index < -0.39 is 33.7 Å². The quantitative estimate of drug-likeness (QED) is 0.434. The number of aliphatic hydroxyl groups excluding tert-OH is 1. The summed E-state index contributed by atoms with van der Waals surface area (Å²) in [5, 5.41) is 21.1. The average molecular weight is 489 g/mol. The molecule has 2 unspecified atom stereocenters. The summed E-state index contributed by atoms with van der Waals surface area (Å²) in [7, 11) is -3.98. The smallest absolute Gasteiger partial charge is 0.232 e. The van der Waals surface area contributed by atoms with Crippen molar-refractivity contribution in [2.45, 2.75) is 25.5 Å². The number of nitrogen functional groups attached to an aromatic ring is 1. The molecule has 0 radical (unpaired) electrons. The number of anilines is 2. The number of nitrogens with two attached hydrogens (primary N) is 1. The van der Waals surface area contributed by atoms with Crippen molar-refractivity contribution in [3.63, 3.8) is 0 Å². The van der Waals surface area contributed by atoms with Crippen molar-refractivity contribution in [3.8, 4) is 17.2 Å². The lowest BCUT2D eigenvalue weighted by Crippen LogP contribution is -2.35. The number of phenols is 1. The van der Waals surface area contributed by atoms with E-state index in [0.717, 1.165) is 10.6 Å². The molecular weight excluding hydrogens is 463 g/mol. The van der Waals surface area contributed by atoms with Gasteiger partial charge in [-0.15, -0.1) is 0 Å². The van der Waals surface area contributed by atoms with E-state index in [-0.39, 0.29) is 30.2 Å². The largest absolute Gasteiger partial charge is 0.505 e. The van der Waals surface area contributed by atoms with Gasteiger partial charge in [-0.3, -0.25) is 4.31 Å². The summed E-state index contributed by atoms with van der Waals surface area (Å²) in [4.78, 5) is 0. The molecule has 3 aromatic rings. The minimum atomic E-state index is -3.98. The number of benzene rings is 3. The Morgan fingerprint density at radius 3 is 2.41 bits per heavy atom. The first-order valence-electron chi connectivity index (χ1n) is 10.5. The molecule has 2 atom stereocenters. The van der Waals surface area contributed by atoms with Crippen molar-refractivity contribution in [1.82, 2.24) is 0 Å². The van der Waals surface area contributed by atoms with E-state index in [1.165, 1.54) is 31.2 Å². The van der Waals surface area contributed by atoms with Crippen LogP contribution < -0.4 is 19.5 Å². The number of aromatic hydroxyl groups is 1. The molecule has 4 N–H and O–H groups in total. The maximum absolute atomic E-state index is 13.5. The van der Waals surface area contributed by atoms with Gasteiger partial charge in [0.05, 0.1) is 24.1 Å². The monoisotopic (exact) mass is 488 g/mol. The predicted octanol–water partition coefficient (Wildman–Crippen LogP) is 3.65. The Morgan fingerprint density at radius 1 is 1.09 bits per heavy atom. The third-order valence-corrected chi connectivity index (χ3v) is 6.81. The molecule has 3 aromatic carbocycles. The molecular formula is C24H25FN2O6S. The standard InChI is InChI=1S/C24H25FN2O6S/c1-14(28)23-18(26)8-9-19(24(23)29)27(34(2,30)31)20(11-15-3-6-17(25)7-4-15)16-5-10-21-22(12-16)33-13-32-21/h3-10,12,14,20,28-29H,11,13,26H2,1-2H3. The fourth-order valence-corrected chi connectivity index (χ4v) is 5.27. The molecule has 0 saturated heterocycles. The number of hydrogen-bond donors (Lipinski definition) is 3. The van der Waals surface area contributed by atoms with Crippen LogP contribution in [0.15, 0.2) is 54.6 Å². The molecule has 0 fully saturated rings. The van der Waals surface area contributed by atoms with E-state index in [1.807, 2.05) is 0 Å². The number of phenolic OH excluding ortho intramolecular Hbond substituents is 1. The summed E-state index contributed by atoms with van der Waals surface area (Å²) in [5.41, 5.74) is 7.28. The second-order valence-electron chi connectivity index (χ2n) is 8.13. The van der Waals surface area contributed by atoms with Crippen LogP contribution in [0.4, 0.5) is 15.8 Å². The highest BCUT2D eigenvalue weighted by atomic mass is 32.2. The van der Waals surface area contributed by atoms with Gasteiger partial charge in [0, 0.05) is 11.3 Å². The van der Waals surface area contributed by atoms with Crippen LogP contribution in [-0.2, 0) is 16.4 Å². The summed E-state index contributed by atoms with van der Waals surface area (Å²) in [6.07, 6.45) is 0.0403. The molecule has 1 heterocycles. The van der Waals surface area contributed by atoms with Crippen LogP contribution in [-0.4, -0.2) is 31.7 Å². The molecule has 0 aliphatic carbocycles. The fourth-order valence-electron chi connectivity index (χ4n) is 4.11. The average Bonchev–Trinajstić information content (AvgIpc) is 3.23. The van der Waals surface area contributed by atoms with Gasteiger partial charge < -0.3 is 25.4 Å². The molecule has 4 rings (SSSR count). The minimum absolute atomic E-state index is 0.0253. The number of rotatable bonds is 7. The molecule has 0 spiro atoms. The normalized spacial score (nSPS) is 14.6. The number of fused-ring (bicyclic) bond motifs is 1. The first kappa shape index (κ1) is 23.7. The summed E-state index contributed by atoms with van der Waals surface area (Å²) in [6.45, 7) is 1.47. The van der Waals surface area contributed by atoms with Crippen molar-refractivity contribution in [3.05, 3.63) is 77.1 Å². The molecule has 1 aliphatic heterocycles. The highest BCUT2D eigenvalue weighted by Crippen LogP contribution is 2.44. The van der Waals surface area contributed by atoms with Crippen LogP contribution >= 0.6 is 0 Å². The second-order valence-corrected chi connectivity index (χ2v) is 9.99. The van der Waals surface area contributed by atoms with Crippen molar-refractivity contribution in [2.75, 3.05) is 23.1 Å². The zero-order valence-electron chi connectivity index (χ0n) is 18.6. The Balaban J connectivity index is 1.91. The Bertz CT molecular complexity index is 1310. The maximum atomic E-state index is 13.5. The van der Waals surface area contributed by atoms with Crippen LogP contribution in [0, 0.1) is 5.82 Å². The number of aliphatic hydroxyl groups is 1. The molecule has 34 heavy (non-hydrogen) atoms. The number of hydrogen-bond acceptors (Lipinski definition) is 7. The van der Waals surface area contributed by atoms with Gasteiger partial charge in [-0.05, 0) is 60.9 Å². The maximum Gasteiger partial charge on any atom is 0.232 e. The minimum Gasteiger partial charge on any atom is -0.505 e. The topological polar surface area (TPSA) is 122 Å². The molecule has 0 amide bonds. The highest BCUT2D eigenvalue weighted by Gasteiger charge is 2.33. The van der Waals surface area contributed by atoms with Gasteiger partial charge in [0.25, 0.3) is 0 Å². The van der Waals surface area contributed by atoms with E-state index >= 15 is 0 Å². The summed E-state index contributed by atoms with van der Waals surface area (Å²) in [6, 6.07) is 12.8. The number of halogens is 1. The fraction of sp³-hybridized carbons (Fsp3) is 0.250. The van der Waals surface area contributed by atoms with Crippen LogP contribution in [0.2, 0.25) is 0 Å². The van der Waals surface area contributed by atoms with E-state index in [9.17, 15) is 23.0 Å². The lowest BCUT2D eigenvalue weighted by molar-refractivity contribution is 0.174. The van der Waals surface area contributed by atoms with Gasteiger partial charge >= 0.3 is 0 Å². The SMILES string of the molecule is CC(O)c1c(N)ccc(N(C(Cc2ccc(F)cc2)c2ccc3c(c2)OCO3)S(C)(=O)=O)c1O. The van der Waals surface area contributed by atoms with E-state index in [4.69, 9.17) is 15.2 Å². The molecule has 180 valence electrons. The summed E-state index contributed by atoms with van der Waals surface area (Å²) in [5.74, 6) is 0.134. The van der Waals surface area contributed by atoms with Crippen LogP contribution in [0.5, 0.6) is 17.2 Å². The third-order valence-electron chi connectivity index (χ3n) is 5.65. The van der Waals surface area contributed by atoms with Crippen LogP contribution in [0.1, 0.15) is 35.8 Å². The van der Waals surface area contributed by atoms with Gasteiger partial charge in [0.1, 0.15) is 11.6 Å². The van der Waals surface area contributed by atoms with Gasteiger partial charge in [-0.25, -0.2) is 12.8 Å². The Morgan fingerprint density at radius 2 is 1.76 bits per heavy atom. The van der Waals surface area contributed by atoms with Gasteiger partial charge in [0.2, 0.25) is 16.8 Å². The Kier molecular flexibility index (Phi) is 6.28. The lowest BCUT2D eigenvalue weighted by atomic mass is 9.97. The van der Waals surface area contributed by atoms with E-state index in [0.29, 0.717) is 22.6 Å². The van der Waals surface area contributed by atoms with Gasteiger partial charge in [-0.2, -0.15) is 0 Å². The third kappa shape index (κ3) is 4.59. The van der Waals surface area contributed by atoms with Crippen LogP contribution in [0.25, 0.3) is 0 Å². The molecule has 1 aliphatic rings. The van der Waals surface area contributed by atoms with Gasteiger partial charge in [0.15, 0.2) is 11.5 Å². The summed E-state index contributed by atoms with van der Waals surface area (Å²) >= 11 is 0. The second kappa shape index (κ2) is 9.03. The van der Waals surface area contributed by atoms with Crippen LogP contribution in [0.3, 0.4) is 0 Å². The van der Waals surface area contributed by atoms with Crippen molar-refractivity contribution < 1.29 is 32.5 Å². The lowest BCUT2D eigenvalue weighted by Gasteiger charge is -2.33. The summed E-state index contributed by atoms with van der Waals surface area (Å²) < 4.78 is 51.7. The van der Waals surface area contributed by atoms with E-state index in [1.54, 1.807) is 30.3 Å². The number of ether oxygens (including phenoxy) is 2. The molecule has 0 saturated carbocycles. The van der Waals surface area contributed by atoms with Crippen molar-refractivity contribution in [1.29, 1.82) is 0 Å². The molecule has 0 aromatic heterocycles. The number of sulfonamides is 1.